The summed E-state index contributed by atoms with van der Waals surface area (Å²) in [5.74, 6) is -1.07. The van der Waals surface area contributed by atoms with E-state index in [1.165, 1.54) is 12.1 Å². The van der Waals surface area contributed by atoms with E-state index >= 15 is 0 Å². The Labute approximate surface area is 176 Å². The van der Waals surface area contributed by atoms with Gasteiger partial charge in [-0.2, -0.15) is 13.2 Å². The van der Waals surface area contributed by atoms with Gasteiger partial charge in [-0.3, -0.25) is 9.59 Å². The Kier molecular flexibility index (Phi) is 7.01. The number of alkyl halides is 3. The summed E-state index contributed by atoms with van der Waals surface area (Å²) < 4.78 is 43.6. The van der Waals surface area contributed by atoms with E-state index in [1.807, 2.05) is 6.07 Å². The molecule has 0 saturated heterocycles. The number of aliphatic hydroxyl groups is 1. The van der Waals surface area contributed by atoms with Crippen LogP contribution in [0.1, 0.15) is 16.7 Å². The highest BCUT2D eigenvalue weighted by atomic mass is 19.4. The monoisotopic (exact) mass is 437 g/mol. The van der Waals surface area contributed by atoms with E-state index in [-0.39, 0.29) is 26.1 Å². The Bertz CT molecular complexity index is 950. The zero-order chi connectivity index (χ0) is 22.4. The van der Waals surface area contributed by atoms with Crippen LogP contribution in [-0.4, -0.2) is 42.8 Å². The highest BCUT2D eigenvalue weighted by molar-refractivity contribution is 6.35. The SMILES string of the molecule is O=C(NCCc1cccc(C(F)(F)F)c1)C(=O)NCCc1ccc2c(c1)OC[C@@H](O)N2. The molecule has 1 atom stereocenters. The zero-order valence-corrected chi connectivity index (χ0v) is 16.5. The van der Waals surface area contributed by atoms with Gasteiger partial charge in [0, 0.05) is 13.1 Å². The number of halogens is 3. The van der Waals surface area contributed by atoms with Gasteiger partial charge in [0.2, 0.25) is 0 Å². The lowest BCUT2D eigenvalue weighted by atomic mass is 10.1. The van der Waals surface area contributed by atoms with Crippen molar-refractivity contribution >= 4 is 17.5 Å². The number of aliphatic hydroxyl groups excluding tert-OH is 1. The van der Waals surface area contributed by atoms with Crippen LogP contribution in [-0.2, 0) is 28.6 Å². The van der Waals surface area contributed by atoms with Crippen LogP contribution in [0.15, 0.2) is 42.5 Å². The van der Waals surface area contributed by atoms with Gasteiger partial charge in [0.25, 0.3) is 0 Å². The molecule has 0 fully saturated rings. The van der Waals surface area contributed by atoms with Crippen LogP contribution in [0.3, 0.4) is 0 Å². The van der Waals surface area contributed by atoms with E-state index in [4.69, 9.17) is 4.74 Å². The van der Waals surface area contributed by atoms with Gasteiger partial charge in [-0.05, 0) is 42.2 Å². The van der Waals surface area contributed by atoms with Crippen molar-refractivity contribution in [1.29, 1.82) is 0 Å². The largest absolute Gasteiger partial charge is 0.487 e. The molecule has 0 spiro atoms. The fourth-order valence-corrected chi connectivity index (χ4v) is 3.06. The molecule has 0 radical (unpaired) electrons. The molecule has 0 bridgehead atoms. The maximum absolute atomic E-state index is 12.7. The van der Waals surface area contributed by atoms with Gasteiger partial charge in [0.05, 0.1) is 11.3 Å². The molecule has 7 nitrogen and oxygen atoms in total. The first-order valence-electron chi connectivity index (χ1n) is 9.65. The lowest BCUT2D eigenvalue weighted by molar-refractivity contribution is -0.139. The second-order valence-corrected chi connectivity index (χ2v) is 7.01. The van der Waals surface area contributed by atoms with E-state index in [2.05, 4.69) is 16.0 Å². The van der Waals surface area contributed by atoms with Crippen LogP contribution < -0.4 is 20.7 Å². The first kappa shape index (κ1) is 22.4. The van der Waals surface area contributed by atoms with E-state index in [9.17, 15) is 27.9 Å². The summed E-state index contributed by atoms with van der Waals surface area (Å²) in [5.41, 5.74) is 1.20. The third-order valence-corrected chi connectivity index (χ3v) is 4.62. The Morgan fingerprint density at radius 3 is 2.32 bits per heavy atom. The van der Waals surface area contributed by atoms with Crippen molar-refractivity contribution in [2.75, 3.05) is 25.0 Å². The van der Waals surface area contributed by atoms with Gasteiger partial charge in [-0.15, -0.1) is 0 Å². The third-order valence-electron chi connectivity index (χ3n) is 4.62. The molecule has 2 aromatic carbocycles. The molecule has 3 rings (SSSR count). The van der Waals surface area contributed by atoms with Gasteiger partial charge in [0.15, 0.2) is 6.23 Å². The average molecular weight is 437 g/mol. The summed E-state index contributed by atoms with van der Waals surface area (Å²) in [4.78, 5) is 23.8. The van der Waals surface area contributed by atoms with E-state index in [0.717, 1.165) is 17.7 Å². The fraction of sp³-hybridized carbons (Fsp3) is 0.333. The van der Waals surface area contributed by atoms with Crippen molar-refractivity contribution in [2.45, 2.75) is 25.2 Å². The minimum absolute atomic E-state index is 0.0363. The Hall–Kier alpha value is -3.27. The molecule has 166 valence electrons. The van der Waals surface area contributed by atoms with Gasteiger partial charge < -0.3 is 25.8 Å². The van der Waals surface area contributed by atoms with Crippen LogP contribution in [0.25, 0.3) is 0 Å². The highest BCUT2D eigenvalue weighted by Gasteiger charge is 2.30. The number of carbonyl (C=O) groups excluding carboxylic acids is 2. The van der Waals surface area contributed by atoms with Crippen LogP contribution in [0.2, 0.25) is 0 Å². The number of hydrogen-bond donors (Lipinski definition) is 4. The van der Waals surface area contributed by atoms with Crippen LogP contribution >= 0.6 is 0 Å². The van der Waals surface area contributed by atoms with Gasteiger partial charge in [-0.1, -0.05) is 24.3 Å². The molecule has 0 aliphatic carbocycles. The molecule has 0 unspecified atom stereocenters. The number of nitrogens with one attached hydrogen (secondary N) is 3. The van der Waals surface area contributed by atoms with Gasteiger partial charge >= 0.3 is 18.0 Å². The van der Waals surface area contributed by atoms with Crippen molar-refractivity contribution in [2.24, 2.45) is 0 Å². The quantitative estimate of drug-likeness (QED) is 0.517. The average Bonchev–Trinajstić information content (AvgIpc) is 2.73. The van der Waals surface area contributed by atoms with E-state index in [1.54, 1.807) is 12.1 Å². The normalized spacial score (nSPS) is 15.3. The maximum Gasteiger partial charge on any atom is 0.416 e. The minimum atomic E-state index is -4.43. The third kappa shape index (κ3) is 6.35. The maximum atomic E-state index is 12.7. The summed E-state index contributed by atoms with van der Waals surface area (Å²) in [6, 6.07) is 10.2. The Morgan fingerprint density at radius 2 is 1.68 bits per heavy atom. The summed E-state index contributed by atoms with van der Waals surface area (Å²) in [7, 11) is 0. The van der Waals surface area contributed by atoms with Crippen LogP contribution in [0, 0.1) is 0 Å². The zero-order valence-electron chi connectivity index (χ0n) is 16.5. The molecule has 1 heterocycles. The molecule has 2 amide bonds. The number of rotatable bonds is 6. The van der Waals surface area contributed by atoms with Crippen molar-refractivity contribution in [3.8, 4) is 5.75 Å². The highest BCUT2D eigenvalue weighted by Crippen LogP contribution is 2.30. The van der Waals surface area contributed by atoms with Crippen molar-refractivity contribution in [1.82, 2.24) is 10.6 Å². The second kappa shape index (κ2) is 9.69. The standard InChI is InChI=1S/C21H22F3N3O4/c22-21(23,24)15-3-1-2-13(10-15)6-8-25-19(29)20(30)26-9-7-14-4-5-16-17(11-14)31-12-18(28)27-16/h1-5,10-11,18,27-28H,6-9,12H2,(H,25,29)(H,26,30)/t18-/m1/s1. The number of ether oxygens (including phenoxy) is 1. The fourth-order valence-electron chi connectivity index (χ4n) is 3.06. The van der Waals surface area contributed by atoms with E-state index in [0.29, 0.717) is 23.4 Å². The summed E-state index contributed by atoms with van der Waals surface area (Å²) in [6.07, 6.45) is -4.56. The lowest BCUT2D eigenvalue weighted by Crippen LogP contribution is -2.41. The van der Waals surface area contributed by atoms with Crippen LogP contribution in [0.4, 0.5) is 18.9 Å². The molecule has 4 N–H and O–H groups in total. The number of fused-ring (bicyclic) bond motifs is 1. The number of carbonyl (C=O) groups is 2. The molecule has 2 aromatic rings. The summed E-state index contributed by atoms with van der Waals surface area (Å²) >= 11 is 0. The molecular formula is C21H22F3N3O4. The summed E-state index contributed by atoms with van der Waals surface area (Å²) in [6.45, 7) is 0.386. The van der Waals surface area contributed by atoms with Crippen molar-refractivity contribution in [3.05, 3.63) is 59.2 Å². The van der Waals surface area contributed by atoms with Crippen LogP contribution in [0.5, 0.6) is 5.75 Å². The van der Waals surface area contributed by atoms with Crippen molar-refractivity contribution < 1.29 is 32.6 Å². The minimum Gasteiger partial charge on any atom is -0.487 e. The first-order chi connectivity index (χ1) is 14.7. The Balaban J connectivity index is 1.40. The molecule has 0 saturated carbocycles. The van der Waals surface area contributed by atoms with Crippen molar-refractivity contribution in [3.63, 3.8) is 0 Å². The molecule has 31 heavy (non-hydrogen) atoms. The molecule has 10 heteroatoms. The number of hydrogen-bond acceptors (Lipinski definition) is 5. The second-order valence-electron chi connectivity index (χ2n) is 7.01. The number of amides is 2. The first-order valence-corrected chi connectivity index (χ1v) is 9.65. The summed E-state index contributed by atoms with van der Waals surface area (Å²) in [5, 5.41) is 17.3. The number of anilines is 1. The molecule has 0 aromatic heterocycles. The van der Waals surface area contributed by atoms with E-state index < -0.39 is 29.8 Å². The Morgan fingerprint density at radius 1 is 1.03 bits per heavy atom. The predicted molar refractivity (Wildman–Crippen MR) is 106 cm³/mol. The topological polar surface area (TPSA) is 99.7 Å². The smallest absolute Gasteiger partial charge is 0.416 e. The molecular weight excluding hydrogens is 415 g/mol. The number of benzene rings is 2. The predicted octanol–water partition coefficient (Wildman–Crippen LogP) is 1.85. The lowest BCUT2D eigenvalue weighted by Gasteiger charge is -2.24. The van der Waals surface area contributed by atoms with Gasteiger partial charge in [-0.25, -0.2) is 0 Å². The molecule has 1 aliphatic heterocycles. The van der Waals surface area contributed by atoms with Gasteiger partial charge in [0.1, 0.15) is 12.4 Å². The molecule has 1 aliphatic rings.